The molecule has 0 aromatic carbocycles. The molecule has 110 valence electrons. The van der Waals surface area contributed by atoms with Crippen LogP contribution >= 0.6 is 11.6 Å². The molecule has 0 spiro atoms. The van der Waals surface area contributed by atoms with Gasteiger partial charge in [0, 0.05) is 19.7 Å². The maximum absolute atomic E-state index is 11.7. The molecule has 19 heavy (non-hydrogen) atoms. The first-order chi connectivity index (χ1) is 8.52. The Kier molecular flexibility index (Phi) is 4.70. The number of halogens is 1. The van der Waals surface area contributed by atoms with Crippen LogP contribution < -0.4 is 0 Å². The fraction of sp³-hybridized carbons (Fsp3) is 0.750. The minimum atomic E-state index is -3.37. The van der Waals surface area contributed by atoms with Gasteiger partial charge in [0.1, 0.15) is 0 Å². The van der Waals surface area contributed by atoms with E-state index in [0.717, 1.165) is 11.9 Å². The van der Waals surface area contributed by atoms with Crippen LogP contribution in [0, 0.1) is 0 Å². The third kappa shape index (κ3) is 3.12. The highest BCUT2D eigenvalue weighted by Gasteiger charge is 2.38. The zero-order valence-electron chi connectivity index (χ0n) is 11.9. The molecule has 1 aromatic rings. The Morgan fingerprint density at radius 3 is 2.37 bits per heavy atom. The molecule has 5 nitrogen and oxygen atoms in total. The van der Waals surface area contributed by atoms with E-state index in [2.05, 4.69) is 5.10 Å². The molecule has 0 amide bonds. The molecule has 0 fully saturated rings. The van der Waals surface area contributed by atoms with Crippen molar-refractivity contribution in [2.75, 3.05) is 6.26 Å². The highest BCUT2D eigenvalue weighted by Crippen LogP contribution is 2.27. The zero-order valence-corrected chi connectivity index (χ0v) is 13.5. The van der Waals surface area contributed by atoms with Crippen LogP contribution in [-0.4, -0.2) is 40.4 Å². The largest absolute Gasteiger partial charge is 0.391 e. The predicted octanol–water partition coefficient (Wildman–Crippen LogP) is 1.36. The van der Waals surface area contributed by atoms with Gasteiger partial charge in [0.15, 0.2) is 9.84 Å². The molecule has 7 heteroatoms. The number of rotatable bonds is 5. The summed E-state index contributed by atoms with van der Waals surface area (Å²) in [6.07, 6.45) is 0.930. The number of aliphatic hydroxyl groups is 1. The number of hydrogen-bond donors (Lipinski definition) is 1. The van der Waals surface area contributed by atoms with Gasteiger partial charge >= 0.3 is 0 Å². The minimum absolute atomic E-state index is 0.155. The van der Waals surface area contributed by atoms with Gasteiger partial charge in [-0.15, -0.1) is 0 Å². The fourth-order valence-electron chi connectivity index (χ4n) is 1.72. The first kappa shape index (κ1) is 16.5. The molecular formula is C12H21ClN2O3S. The van der Waals surface area contributed by atoms with Crippen LogP contribution in [0.5, 0.6) is 0 Å². The lowest BCUT2D eigenvalue weighted by molar-refractivity contribution is 0.135. The van der Waals surface area contributed by atoms with Crippen LogP contribution in [0.1, 0.15) is 32.2 Å². The van der Waals surface area contributed by atoms with Gasteiger partial charge in [0.2, 0.25) is 0 Å². The Morgan fingerprint density at radius 1 is 1.47 bits per heavy atom. The van der Waals surface area contributed by atoms with Crippen molar-refractivity contribution in [3.05, 3.63) is 16.4 Å². The lowest BCUT2D eigenvalue weighted by Gasteiger charge is -2.28. The summed E-state index contributed by atoms with van der Waals surface area (Å²) < 4.78 is 23.8. The molecule has 0 saturated carbocycles. The summed E-state index contributed by atoms with van der Waals surface area (Å²) >= 11 is 6.19. The Labute approximate surface area is 119 Å². The first-order valence-corrected chi connectivity index (χ1v) is 8.37. The van der Waals surface area contributed by atoms with E-state index in [1.165, 1.54) is 13.8 Å². The molecule has 0 aliphatic carbocycles. The molecule has 0 aliphatic rings. The highest BCUT2D eigenvalue weighted by molar-refractivity contribution is 7.92. The average Bonchev–Trinajstić information content (AvgIpc) is 2.54. The monoisotopic (exact) mass is 308 g/mol. The summed E-state index contributed by atoms with van der Waals surface area (Å²) in [6.45, 7) is 4.96. The molecule has 0 radical (unpaired) electrons. The number of aromatic nitrogens is 2. The Balaban J connectivity index is 3.08. The summed E-state index contributed by atoms with van der Waals surface area (Å²) in [7, 11) is -1.63. The maximum Gasteiger partial charge on any atom is 0.155 e. The summed E-state index contributed by atoms with van der Waals surface area (Å²) in [5.74, 6) is 0. The van der Waals surface area contributed by atoms with Crippen molar-refractivity contribution in [1.82, 2.24) is 9.78 Å². The number of sulfone groups is 1. The average molecular weight is 309 g/mol. The molecule has 1 atom stereocenters. The third-order valence-corrected chi connectivity index (χ3v) is 6.27. The van der Waals surface area contributed by atoms with Gasteiger partial charge in [-0.2, -0.15) is 5.10 Å². The van der Waals surface area contributed by atoms with Gasteiger partial charge in [-0.25, -0.2) is 8.42 Å². The molecule has 1 rings (SSSR count). The molecule has 1 heterocycles. The smallest absolute Gasteiger partial charge is 0.155 e. The number of aliphatic hydroxyl groups excluding tert-OH is 1. The van der Waals surface area contributed by atoms with Crippen LogP contribution in [0.25, 0.3) is 0 Å². The molecule has 0 aliphatic heterocycles. The van der Waals surface area contributed by atoms with E-state index in [0.29, 0.717) is 17.1 Å². The van der Waals surface area contributed by atoms with Gasteiger partial charge in [-0.1, -0.05) is 18.5 Å². The van der Waals surface area contributed by atoms with E-state index < -0.39 is 20.7 Å². The van der Waals surface area contributed by atoms with Crippen molar-refractivity contribution in [1.29, 1.82) is 0 Å². The van der Waals surface area contributed by atoms with E-state index in [9.17, 15) is 13.5 Å². The van der Waals surface area contributed by atoms with Crippen LogP contribution in [0.2, 0.25) is 5.02 Å². The number of hydrogen-bond acceptors (Lipinski definition) is 4. The molecule has 1 unspecified atom stereocenters. The van der Waals surface area contributed by atoms with Crippen LogP contribution in [0.15, 0.2) is 0 Å². The van der Waals surface area contributed by atoms with Crippen molar-refractivity contribution >= 4 is 21.4 Å². The van der Waals surface area contributed by atoms with E-state index in [1.807, 2.05) is 6.92 Å². The van der Waals surface area contributed by atoms with Crippen molar-refractivity contribution in [3.8, 4) is 0 Å². The molecule has 0 saturated heterocycles. The maximum atomic E-state index is 11.7. The van der Waals surface area contributed by atoms with Gasteiger partial charge in [0.05, 0.1) is 27.3 Å². The normalized spacial score (nSPS) is 14.7. The van der Waals surface area contributed by atoms with Gasteiger partial charge < -0.3 is 5.11 Å². The van der Waals surface area contributed by atoms with Crippen LogP contribution in [0.4, 0.5) is 0 Å². The molecule has 1 aromatic heterocycles. The summed E-state index contributed by atoms with van der Waals surface area (Å²) in [6, 6.07) is 0. The van der Waals surface area contributed by atoms with E-state index >= 15 is 0 Å². The predicted molar refractivity (Wildman–Crippen MR) is 76.2 cm³/mol. The fourth-order valence-corrected chi connectivity index (χ4v) is 2.67. The van der Waals surface area contributed by atoms with Gasteiger partial charge in [-0.05, 0) is 20.3 Å². The lowest BCUT2D eigenvalue weighted by atomic mass is 10.0. The van der Waals surface area contributed by atoms with Crippen molar-refractivity contribution < 1.29 is 13.5 Å². The van der Waals surface area contributed by atoms with Crippen molar-refractivity contribution in [3.63, 3.8) is 0 Å². The summed E-state index contributed by atoms with van der Waals surface area (Å²) in [5, 5.41) is 15.0. The Hall–Kier alpha value is -0.590. The minimum Gasteiger partial charge on any atom is -0.391 e. The topological polar surface area (TPSA) is 72.2 Å². The Morgan fingerprint density at radius 2 is 2.00 bits per heavy atom. The number of aryl methyl sites for hydroxylation is 2. The third-order valence-electron chi connectivity index (χ3n) is 3.65. The molecule has 0 bridgehead atoms. The second kappa shape index (κ2) is 5.42. The highest BCUT2D eigenvalue weighted by atomic mass is 35.5. The summed E-state index contributed by atoms with van der Waals surface area (Å²) in [4.78, 5) is 0. The van der Waals surface area contributed by atoms with Crippen LogP contribution in [-0.2, 0) is 29.7 Å². The second-order valence-corrected chi connectivity index (χ2v) is 8.25. The second-order valence-electron chi connectivity index (χ2n) is 5.28. The zero-order chi connectivity index (χ0) is 15.0. The van der Waals surface area contributed by atoms with Crippen LogP contribution in [0.3, 0.4) is 0 Å². The van der Waals surface area contributed by atoms with E-state index in [-0.39, 0.29) is 6.42 Å². The Bertz CT molecular complexity index is 564. The van der Waals surface area contributed by atoms with Gasteiger partial charge in [0.25, 0.3) is 0 Å². The number of nitrogens with zero attached hydrogens (tertiary/aromatic N) is 2. The SMILES string of the molecule is CCc1nn(C)c(CC(O)C(C)(C)S(C)(=O)=O)c1Cl. The van der Waals surface area contributed by atoms with Crippen molar-refractivity contribution in [2.24, 2.45) is 7.05 Å². The molecular weight excluding hydrogens is 288 g/mol. The standard InChI is InChI=1S/C12H21ClN2O3S/c1-6-8-11(13)9(15(4)14-8)7-10(16)12(2,3)19(5,17)18/h10,16H,6-7H2,1-5H3. The van der Waals surface area contributed by atoms with Crippen molar-refractivity contribution in [2.45, 2.75) is 44.5 Å². The quantitative estimate of drug-likeness (QED) is 0.891. The van der Waals surface area contributed by atoms with E-state index in [4.69, 9.17) is 11.6 Å². The molecule has 1 N–H and O–H groups in total. The van der Waals surface area contributed by atoms with Gasteiger partial charge in [-0.3, -0.25) is 4.68 Å². The summed E-state index contributed by atoms with van der Waals surface area (Å²) in [5.41, 5.74) is 1.41. The lowest BCUT2D eigenvalue weighted by Crippen LogP contribution is -2.44. The van der Waals surface area contributed by atoms with E-state index in [1.54, 1.807) is 11.7 Å². The first-order valence-electron chi connectivity index (χ1n) is 6.10.